The van der Waals surface area contributed by atoms with Crippen molar-refractivity contribution in [3.05, 3.63) is 125 Å². The van der Waals surface area contributed by atoms with Gasteiger partial charge < -0.3 is 24.8 Å². The number of unbranched alkanes of at least 4 members (excludes halogenated alkanes) is 10. The van der Waals surface area contributed by atoms with Crippen molar-refractivity contribution in [1.29, 1.82) is 0 Å². The van der Waals surface area contributed by atoms with Crippen molar-refractivity contribution in [1.82, 2.24) is 15.2 Å². The van der Waals surface area contributed by atoms with Gasteiger partial charge in [0.15, 0.2) is 6.29 Å². The summed E-state index contributed by atoms with van der Waals surface area (Å²) in [6.07, 6.45) is 19.1. The van der Waals surface area contributed by atoms with Gasteiger partial charge in [-0.2, -0.15) is 0 Å². The molecule has 1 aromatic heterocycles. The number of pyridine rings is 1. The summed E-state index contributed by atoms with van der Waals surface area (Å²) in [6, 6.07) is 28.5. The van der Waals surface area contributed by atoms with Crippen molar-refractivity contribution in [3.8, 4) is 11.1 Å². The van der Waals surface area contributed by atoms with Crippen LogP contribution in [0.3, 0.4) is 0 Å². The molecule has 0 aliphatic carbocycles. The summed E-state index contributed by atoms with van der Waals surface area (Å²) >= 11 is 0. The zero-order valence-electron chi connectivity index (χ0n) is 32.8. The molecule has 7 heteroatoms. The minimum Gasteiger partial charge on any atom is -0.392 e. The first-order valence-electron chi connectivity index (χ1n) is 20.7. The van der Waals surface area contributed by atoms with Crippen LogP contribution >= 0.6 is 0 Å². The lowest BCUT2D eigenvalue weighted by Crippen LogP contribution is -2.40. The summed E-state index contributed by atoms with van der Waals surface area (Å²) in [5, 5.41) is 12.7. The summed E-state index contributed by atoms with van der Waals surface area (Å²) in [6.45, 7) is 8.15. The van der Waals surface area contributed by atoms with E-state index in [2.05, 4.69) is 77.6 Å². The number of benzene rings is 3. The van der Waals surface area contributed by atoms with E-state index in [-0.39, 0.29) is 24.7 Å². The number of carbonyl (C=O) groups is 1. The van der Waals surface area contributed by atoms with Gasteiger partial charge >= 0.3 is 0 Å². The molecule has 0 bridgehead atoms. The van der Waals surface area contributed by atoms with Crippen LogP contribution in [0.25, 0.3) is 11.1 Å². The number of hydrogen-bond donors (Lipinski definition) is 2. The molecule has 0 spiro atoms. The number of nitrogens with zero attached hydrogens (tertiary/aromatic N) is 2. The van der Waals surface area contributed by atoms with Gasteiger partial charge in [0.25, 0.3) is 5.91 Å². The molecule has 290 valence electrons. The largest absolute Gasteiger partial charge is 0.392 e. The van der Waals surface area contributed by atoms with Crippen LogP contribution in [0.5, 0.6) is 0 Å². The monoisotopic (exact) mass is 733 g/mol. The Kier molecular flexibility index (Phi) is 17.7. The Hall–Kier alpha value is -3.88. The van der Waals surface area contributed by atoms with Crippen molar-refractivity contribution >= 4 is 5.91 Å². The first kappa shape index (κ1) is 41.3. The lowest BCUT2D eigenvalue weighted by Gasteiger charge is -2.38. The molecule has 3 atom stereocenters. The normalized spacial score (nSPS) is 17.1. The highest BCUT2D eigenvalue weighted by molar-refractivity contribution is 5.93. The summed E-state index contributed by atoms with van der Waals surface area (Å²) in [4.78, 5) is 19.3. The maximum atomic E-state index is 12.6. The molecule has 5 rings (SSSR count). The molecule has 0 saturated carbocycles. The number of aliphatic hydroxyl groups excluding tert-OH is 1. The van der Waals surface area contributed by atoms with E-state index >= 15 is 0 Å². The van der Waals surface area contributed by atoms with Crippen LogP contribution in [-0.4, -0.2) is 46.6 Å². The molecular weight excluding hydrogens is 671 g/mol. The molecule has 54 heavy (non-hydrogen) atoms. The molecule has 1 aliphatic rings. The number of aliphatic hydroxyl groups is 1. The molecule has 1 saturated heterocycles. The zero-order chi connectivity index (χ0) is 37.8. The first-order chi connectivity index (χ1) is 26.6. The molecule has 0 unspecified atom stereocenters. The molecule has 4 aromatic rings. The Morgan fingerprint density at radius 2 is 1.41 bits per heavy atom. The van der Waals surface area contributed by atoms with Gasteiger partial charge in [-0.3, -0.25) is 9.78 Å². The number of amides is 1. The second kappa shape index (κ2) is 23.1. The first-order valence-corrected chi connectivity index (χ1v) is 20.7. The van der Waals surface area contributed by atoms with Gasteiger partial charge in [0.05, 0.1) is 24.4 Å². The smallest absolute Gasteiger partial charge is 0.253 e. The fraction of sp³-hybridized carbons (Fsp3) is 0.489. The molecule has 1 fully saturated rings. The Balaban J connectivity index is 1.27. The van der Waals surface area contributed by atoms with Crippen molar-refractivity contribution < 1.29 is 19.4 Å². The van der Waals surface area contributed by atoms with Crippen molar-refractivity contribution in [2.45, 2.75) is 129 Å². The molecule has 2 heterocycles. The Morgan fingerprint density at radius 3 is 2.06 bits per heavy atom. The standard InChI is InChI=1S/C47H63N3O4/c1-3-5-7-9-11-13-29-50(30-14-12-10-8-6-4-2)35-44-32-45(40-22-20-37(36-51)21-23-40)54-47(53-44)41-26-24-39(25-27-41)42-18-15-17-38(31-42)33-49-46(52)43-19-16-28-48-34-43/h15-28,31,34,44-45,47,51H,3-14,29-30,32-33,35-36H2,1-2H3,(H,49,52)/t44-,45+,47+/m1/s1. The third-order valence-corrected chi connectivity index (χ3v) is 10.6. The average molecular weight is 734 g/mol. The van der Waals surface area contributed by atoms with Gasteiger partial charge in [-0.05, 0) is 71.9 Å². The number of hydrogen-bond acceptors (Lipinski definition) is 6. The van der Waals surface area contributed by atoms with E-state index in [1.165, 1.54) is 77.0 Å². The van der Waals surface area contributed by atoms with Crippen molar-refractivity contribution in [2.24, 2.45) is 0 Å². The maximum Gasteiger partial charge on any atom is 0.253 e. The van der Waals surface area contributed by atoms with Crippen LogP contribution in [0.4, 0.5) is 0 Å². The highest BCUT2D eigenvalue weighted by atomic mass is 16.7. The van der Waals surface area contributed by atoms with Crippen LogP contribution in [-0.2, 0) is 22.6 Å². The third kappa shape index (κ3) is 13.5. The predicted octanol–water partition coefficient (Wildman–Crippen LogP) is 10.7. The molecule has 1 amide bonds. The van der Waals surface area contributed by atoms with Crippen LogP contribution in [0.15, 0.2) is 97.3 Å². The van der Waals surface area contributed by atoms with Gasteiger partial charge in [0.1, 0.15) is 0 Å². The van der Waals surface area contributed by atoms with Crippen molar-refractivity contribution in [2.75, 3.05) is 19.6 Å². The molecule has 2 N–H and O–H groups in total. The molecule has 1 aliphatic heterocycles. The van der Waals surface area contributed by atoms with E-state index in [9.17, 15) is 9.90 Å². The zero-order valence-corrected chi connectivity index (χ0v) is 32.8. The highest BCUT2D eigenvalue weighted by Crippen LogP contribution is 2.39. The second-order valence-electron chi connectivity index (χ2n) is 14.9. The van der Waals surface area contributed by atoms with E-state index in [1.54, 1.807) is 24.5 Å². The van der Waals surface area contributed by atoms with Crippen LogP contribution in [0.2, 0.25) is 0 Å². The van der Waals surface area contributed by atoms with Crippen LogP contribution < -0.4 is 5.32 Å². The molecular formula is C47H63N3O4. The van der Waals surface area contributed by atoms with Crippen molar-refractivity contribution in [3.63, 3.8) is 0 Å². The van der Waals surface area contributed by atoms with Gasteiger partial charge in [0, 0.05) is 37.5 Å². The van der Waals surface area contributed by atoms with E-state index in [0.29, 0.717) is 12.1 Å². The molecule has 3 aromatic carbocycles. The average Bonchev–Trinajstić information content (AvgIpc) is 3.22. The Labute approximate surface area is 324 Å². The van der Waals surface area contributed by atoms with Gasteiger partial charge in [-0.1, -0.05) is 145 Å². The lowest BCUT2D eigenvalue weighted by molar-refractivity contribution is -0.253. The number of aromatic nitrogens is 1. The highest BCUT2D eigenvalue weighted by Gasteiger charge is 2.33. The van der Waals surface area contributed by atoms with Crippen LogP contribution in [0, 0.1) is 0 Å². The van der Waals surface area contributed by atoms with E-state index in [4.69, 9.17) is 9.47 Å². The van der Waals surface area contributed by atoms with E-state index in [1.807, 2.05) is 24.3 Å². The number of carbonyl (C=O) groups excluding carboxylic acids is 1. The minimum atomic E-state index is -0.487. The maximum absolute atomic E-state index is 12.6. The predicted molar refractivity (Wildman–Crippen MR) is 219 cm³/mol. The third-order valence-electron chi connectivity index (χ3n) is 10.6. The Bertz CT molecular complexity index is 1610. The summed E-state index contributed by atoms with van der Waals surface area (Å²) in [5.41, 5.74) is 6.76. The topological polar surface area (TPSA) is 83.9 Å². The minimum absolute atomic E-state index is 0.0291. The SMILES string of the molecule is CCCCCCCCN(CCCCCCCC)C[C@H]1C[C@@H](c2ccc(CO)cc2)O[C@@H](c2ccc(-c3cccc(CNC(=O)c4cccnc4)c3)cc2)O1. The summed E-state index contributed by atoms with van der Waals surface area (Å²) in [5.74, 6) is -0.140. The van der Waals surface area contributed by atoms with Gasteiger partial charge in [0.2, 0.25) is 0 Å². The van der Waals surface area contributed by atoms with Gasteiger partial charge in [-0.15, -0.1) is 0 Å². The number of rotatable bonds is 23. The van der Waals surface area contributed by atoms with Crippen LogP contribution in [0.1, 0.15) is 142 Å². The van der Waals surface area contributed by atoms with E-state index in [0.717, 1.165) is 59.4 Å². The summed E-state index contributed by atoms with van der Waals surface area (Å²) < 4.78 is 13.5. The lowest BCUT2D eigenvalue weighted by atomic mass is 9.98. The molecule has 7 nitrogen and oxygen atoms in total. The summed E-state index contributed by atoms with van der Waals surface area (Å²) in [7, 11) is 0. The fourth-order valence-corrected chi connectivity index (χ4v) is 7.32. The second-order valence-corrected chi connectivity index (χ2v) is 14.9. The quantitative estimate of drug-likeness (QED) is 0.0739. The van der Waals surface area contributed by atoms with E-state index < -0.39 is 6.29 Å². The van der Waals surface area contributed by atoms with Gasteiger partial charge in [-0.25, -0.2) is 0 Å². The number of nitrogens with one attached hydrogen (secondary N) is 1. The Morgan fingerprint density at radius 1 is 0.741 bits per heavy atom. The number of ether oxygens (including phenoxy) is 2. The molecule has 0 radical (unpaired) electrons. The fourth-order valence-electron chi connectivity index (χ4n) is 7.32.